The molecule has 1 aliphatic carbocycles. The number of nitrogens with one attached hydrogen (secondary N) is 1. The lowest BCUT2D eigenvalue weighted by Gasteiger charge is -2.40. The van der Waals surface area contributed by atoms with Crippen molar-refractivity contribution in [3.63, 3.8) is 0 Å². The maximum Gasteiger partial charge on any atom is 0.240 e. The van der Waals surface area contributed by atoms with Crippen molar-refractivity contribution in [3.8, 4) is 5.75 Å². The van der Waals surface area contributed by atoms with E-state index in [9.17, 15) is 4.79 Å². The first kappa shape index (κ1) is 15.2. The maximum absolute atomic E-state index is 12.5. The minimum Gasteiger partial charge on any atom is -0.487 e. The lowest BCUT2D eigenvalue weighted by Crippen LogP contribution is -2.44. The number of para-hydroxylation sites is 1. The summed E-state index contributed by atoms with van der Waals surface area (Å²) in [6.45, 7) is 2.21. The molecule has 1 aromatic carbocycles. The fourth-order valence-electron chi connectivity index (χ4n) is 4.04. The number of carbonyl (C=O) groups excluding carboxylic acids is 1. The van der Waals surface area contributed by atoms with Gasteiger partial charge in [-0.1, -0.05) is 18.2 Å². The van der Waals surface area contributed by atoms with Gasteiger partial charge in [-0.2, -0.15) is 0 Å². The number of hydrogen-bond donors (Lipinski definition) is 1. The smallest absolute Gasteiger partial charge is 0.240 e. The van der Waals surface area contributed by atoms with E-state index < -0.39 is 0 Å². The Labute approximate surface area is 142 Å². The highest BCUT2D eigenvalue weighted by Gasteiger charge is 2.43. The highest BCUT2D eigenvalue weighted by atomic mass is 16.5. The molecule has 2 heterocycles. The molecule has 1 atom stereocenters. The summed E-state index contributed by atoms with van der Waals surface area (Å²) in [5.74, 6) is 1.80. The Bertz CT molecular complexity index is 747. The number of ether oxygens (including phenoxy) is 1. The van der Waals surface area contributed by atoms with Gasteiger partial charge in [0.2, 0.25) is 5.91 Å². The van der Waals surface area contributed by atoms with E-state index in [0.717, 1.165) is 36.4 Å². The zero-order valence-electron chi connectivity index (χ0n) is 14.0. The molecule has 126 valence electrons. The number of benzene rings is 1. The van der Waals surface area contributed by atoms with E-state index in [-0.39, 0.29) is 17.6 Å². The van der Waals surface area contributed by atoms with Crippen LogP contribution in [0, 0.1) is 6.92 Å². The molecule has 1 N–H and O–H groups in total. The van der Waals surface area contributed by atoms with Crippen LogP contribution in [0.4, 0.5) is 0 Å². The average Bonchev–Trinajstić information content (AvgIpc) is 3.17. The van der Waals surface area contributed by atoms with E-state index in [1.54, 1.807) is 6.20 Å². The molecule has 1 fully saturated rings. The van der Waals surface area contributed by atoms with Gasteiger partial charge in [0.1, 0.15) is 23.7 Å². The number of hydrogen-bond acceptors (Lipinski definition) is 3. The van der Waals surface area contributed by atoms with Gasteiger partial charge < -0.3 is 14.6 Å². The molecule has 0 unspecified atom stereocenters. The van der Waals surface area contributed by atoms with E-state index in [2.05, 4.69) is 16.4 Å². The highest BCUT2D eigenvalue weighted by Crippen LogP contribution is 2.46. The van der Waals surface area contributed by atoms with E-state index >= 15 is 0 Å². The van der Waals surface area contributed by atoms with Crippen molar-refractivity contribution in [1.29, 1.82) is 0 Å². The van der Waals surface area contributed by atoms with Gasteiger partial charge in [0, 0.05) is 24.4 Å². The van der Waals surface area contributed by atoms with Crippen molar-refractivity contribution in [2.45, 2.75) is 57.2 Å². The lowest BCUT2D eigenvalue weighted by molar-refractivity contribution is -0.123. The van der Waals surface area contributed by atoms with Crippen LogP contribution in [0.5, 0.6) is 5.75 Å². The standard InChI is InChI=1S/C19H23N3O2/c1-14-20-10-11-22(14)13-18(23)21-16-12-19(8-4-5-9-19)24-17-7-3-2-6-15(16)17/h2-3,6-7,10-11,16H,4-5,8-9,12-13H2,1H3,(H,21,23)/t16-/m1/s1. The molecule has 24 heavy (non-hydrogen) atoms. The summed E-state index contributed by atoms with van der Waals surface area (Å²) in [6, 6.07) is 8.11. The molecule has 2 aromatic rings. The zero-order chi connectivity index (χ0) is 16.6. The topological polar surface area (TPSA) is 56.2 Å². The predicted molar refractivity (Wildman–Crippen MR) is 90.7 cm³/mol. The van der Waals surface area contributed by atoms with Gasteiger partial charge >= 0.3 is 0 Å². The Morgan fingerprint density at radius 3 is 2.92 bits per heavy atom. The summed E-state index contributed by atoms with van der Waals surface area (Å²) >= 11 is 0. The Kier molecular flexibility index (Phi) is 3.79. The van der Waals surface area contributed by atoms with Gasteiger partial charge in [0.05, 0.1) is 6.04 Å². The number of rotatable bonds is 3. The van der Waals surface area contributed by atoms with Crippen LogP contribution in [0.1, 0.15) is 49.5 Å². The second-order valence-corrected chi connectivity index (χ2v) is 6.96. The number of aromatic nitrogens is 2. The van der Waals surface area contributed by atoms with Gasteiger partial charge in [-0.15, -0.1) is 0 Å². The molecule has 0 saturated heterocycles. The van der Waals surface area contributed by atoms with E-state index in [0.29, 0.717) is 6.54 Å². The molecule has 1 spiro atoms. The number of fused-ring (bicyclic) bond motifs is 1. The summed E-state index contributed by atoms with van der Waals surface area (Å²) in [5, 5.41) is 3.22. The third kappa shape index (κ3) is 2.79. The van der Waals surface area contributed by atoms with Crippen molar-refractivity contribution in [1.82, 2.24) is 14.9 Å². The Hall–Kier alpha value is -2.30. The molecular formula is C19H23N3O2. The Balaban J connectivity index is 1.55. The fourth-order valence-corrected chi connectivity index (χ4v) is 4.04. The quantitative estimate of drug-likeness (QED) is 0.943. The van der Waals surface area contributed by atoms with Crippen LogP contribution in [0.15, 0.2) is 36.7 Å². The van der Waals surface area contributed by atoms with E-state index in [1.165, 1.54) is 12.8 Å². The Morgan fingerprint density at radius 1 is 1.38 bits per heavy atom. The average molecular weight is 325 g/mol. The summed E-state index contributed by atoms with van der Waals surface area (Å²) in [6.07, 6.45) is 8.99. The Morgan fingerprint density at radius 2 is 2.17 bits per heavy atom. The molecule has 0 bridgehead atoms. The second-order valence-electron chi connectivity index (χ2n) is 6.96. The first-order valence-corrected chi connectivity index (χ1v) is 8.70. The number of aryl methyl sites for hydroxylation is 1. The molecule has 1 aliphatic heterocycles. The SMILES string of the molecule is Cc1nccn1CC(=O)N[C@@H]1CC2(CCCC2)Oc2ccccc21. The van der Waals surface area contributed by atoms with Crippen LogP contribution in [0.25, 0.3) is 0 Å². The number of amides is 1. The van der Waals surface area contributed by atoms with Crippen LogP contribution in [0.3, 0.4) is 0 Å². The fraction of sp³-hybridized carbons (Fsp3) is 0.474. The van der Waals surface area contributed by atoms with Gasteiger partial charge in [-0.3, -0.25) is 4.79 Å². The van der Waals surface area contributed by atoms with Gasteiger partial charge in [-0.05, 0) is 38.7 Å². The molecule has 5 nitrogen and oxygen atoms in total. The number of carbonyl (C=O) groups is 1. The molecular weight excluding hydrogens is 302 g/mol. The summed E-state index contributed by atoms with van der Waals surface area (Å²) in [4.78, 5) is 16.7. The first-order chi connectivity index (χ1) is 11.7. The van der Waals surface area contributed by atoms with Crippen molar-refractivity contribution < 1.29 is 9.53 Å². The number of nitrogens with zero attached hydrogens (tertiary/aromatic N) is 2. The summed E-state index contributed by atoms with van der Waals surface area (Å²) < 4.78 is 8.22. The monoisotopic (exact) mass is 325 g/mol. The molecule has 1 amide bonds. The van der Waals surface area contributed by atoms with Crippen molar-refractivity contribution >= 4 is 5.91 Å². The summed E-state index contributed by atoms with van der Waals surface area (Å²) in [5.41, 5.74) is 0.989. The van der Waals surface area contributed by atoms with Crippen molar-refractivity contribution in [3.05, 3.63) is 48.0 Å². The minimum absolute atomic E-state index is 0.0179. The van der Waals surface area contributed by atoms with Crippen LogP contribution in [0.2, 0.25) is 0 Å². The maximum atomic E-state index is 12.5. The first-order valence-electron chi connectivity index (χ1n) is 8.70. The largest absolute Gasteiger partial charge is 0.487 e. The van der Waals surface area contributed by atoms with E-state index in [1.807, 2.05) is 35.9 Å². The molecule has 4 rings (SSSR count). The second kappa shape index (κ2) is 5.96. The van der Waals surface area contributed by atoms with Crippen LogP contribution in [-0.2, 0) is 11.3 Å². The van der Waals surface area contributed by atoms with Crippen LogP contribution >= 0.6 is 0 Å². The van der Waals surface area contributed by atoms with Crippen LogP contribution < -0.4 is 10.1 Å². The molecule has 0 radical (unpaired) electrons. The van der Waals surface area contributed by atoms with Gasteiger partial charge in [-0.25, -0.2) is 4.98 Å². The van der Waals surface area contributed by atoms with Gasteiger partial charge in [0.15, 0.2) is 0 Å². The molecule has 2 aliphatic rings. The van der Waals surface area contributed by atoms with E-state index in [4.69, 9.17) is 4.74 Å². The lowest BCUT2D eigenvalue weighted by atomic mass is 9.86. The molecule has 1 saturated carbocycles. The third-order valence-corrected chi connectivity index (χ3v) is 5.28. The predicted octanol–water partition coefficient (Wildman–Crippen LogP) is 3.14. The van der Waals surface area contributed by atoms with Gasteiger partial charge in [0.25, 0.3) is 0 Å². The normalized spacial score (nSPS) is 21.3. The number of imidazole rings is 1. The summed E-state index contributed by atoms with van der Waals surface area (Å²) in [7, 11) is 0. The van der Waals surface area contributed by atoms with Crippen molar-refractivity contribution in [2.24, 2.45) is 0 Å². The van der Waals surface area contributed by atoms with Crippen molar-refractivity contribution in [2.75, 3.05) is 0 Å². The van der Waals surface area contributed by atoms with Crippen LogP contribution in [-0.4, -0.2) is 21.1 Å². The minimum atomic E-state index is -0.1000. The molecule has 1 aromatic heterocycles. The molecule has 5 heteroatoms. The highest BCUT2D eigenvalue weighted by molar-refractivity contribution is 5.76. The third-order valence-electron chi connectivity index (χ3n) is 5.28. The zero-order valence-corrected chi connectivity index (χ0v) is 14.0.